The highest BCUT2D eigenvalue weighted by Crippen LogP contribution is 2.48. The molecule has 0 aliphatic heterocycles. The number of halogens is 1. The molecule has 0 unspecified atom stereocenters. The molecule has 0 radical (unpaired) electrons. The number of aromatic nitrogens is 4. The van der Waals surface area contributed by atoms with Gasteiger partial charge in [0.2, 0.25) is 0 Å². The van der Waals surface area contributed by atoms with Crippen LogP contribution in [0.2, 0.25) is 0 Å². The van der Waals surface area contributed by atoms with Gasteiger partial charge < -0.3 is 24.8 Å². The number of nitriles is 1. The molecule has 2 heterocycles. The molecule has 0 saturated heterocycles. The zero-order chi connectivity index (χ0) is 24.3. The second-order valence-corrected chi connectivity index (χ2v) is 8.10. The van der Waals surface area contributed by atoms with Crippen molar-refractivity contribution in [3.63, 3.8) is 0 Å². The van der Waals surface area contributed by atoms with E-state index in [4.69, 9.17) is 19.8 Å². The molecule has 0 spiro atoms. The van der Waals surface area contributed by atoms with Gasteiger partial charge in [0.15, 0.2) is 11.5 Å². The third-order valence-electron chi connectivity index (χ3n) is 5.51. The zero-order valence-corrected chi connectivity index (χ0v) is 18.5. The third-order valence-corrected chi connectivity index (χ3v) is 5.51. The second-order valence-electron chi connectivity index (χ2n) is 8.10. The normalized spacial score (nSPS) is 13.6. The number of amides is 1. The van der Waals surface area contributed by atoms with Crippen LogP contribution in [-0.2, 0) is 0 Å². The lowest BCUT2D eigenvalue weighted by Crippen LogP contribution is -2.34. The first kappa shape index (κ1) is 22.8. The second kappa shape index (κ2) is 9.22. The first-order valence-corrected chi connectivity index (χ1v) is 10.3. The molecule has 1 amide bonds. The molecule has 1 aliphatic carbocycles. The monoisotopic (exact) mass is 467 g/mol. The smallest absolute Gasteiger partial charge is 0.407 e. The third kappa shape index (κ3) is 4.98. The Morgan fingerprint density at radius 1 is 1.29 bits per heavy atom. The van der Waals surface area contributed by atoms with Crippen LogP contribution in [0, 0.1) is 22.6 Å². The highest BCUT2D eigenvalue weighted by molar-refractivity contribution is 5.76. The minimum absolute atomic E-state index is 0.189. The van der Waals surface area contributed by atoms with E-state index in [9.17, 15) is 9.18 Å². The predicted molar refractivity (Wildman–Crippen MR) is 118 cm³/mol. The zero-order valence-electron chi connectivity index (χ0n) is 18.5. The van der Waals surface area contributed by atoms with Gasteiger partial charge in [0.1, 0.15) is 29.2 Å². The van der Waals surface area contributed by atoms with E-state index >= 15 is 0 Å². The van der Waals surface area contributed by atoms with Crippen molar-refractivity contribution in [2.45, 2.75) is 12.8 Å². The summed E-state index contributed by atoms with van der Waals surface area (Å²) < 4.78 is 25.7. The van der Waals surface area contributed by atoms with E-state index in [0.29, 0.717) is 29.4 Å². The van der Waals surface area contributed by atoms with Gasteiger partial charge >= 0.3 is 6.09 Å². The largest absolute Gasteiger partial charge is 0.496 e. The van der Waals surface area contributed by atoms with Crippen molar-refractivity contribution in [3.05, 3.63) is 42.1 Å². The number of ether oxygens (including phenoxy) is 2. The van der Waals surface area contributed by atoms with Crippen molar-refractivity contribution in [3.8, 4) is 28.8 Å². The summed E-state index contributed by atoms with van der Waals surface area (Å²) in [4.78, 5) is 20.5. The van der Waals surface area contributed by atoms with Crippen molar-refractivity contribution in [1.29, 1.82) is 5.26 Å². The van der Waals surface area contributed by atoms with Crippen LogP contribution in [0.5, 0.6) is 11.5 Å². The molecule has 4 rings (SSSR count). The molecular weight excluding hydrogens is 445 g/mol. The summed E-state index contributed by atoms with van der Waals surface area (Å²) in [5.41, 5.74) is 0.856. The maximum absolute atomic E-state index is 14.3. The number of hydrogen-bond donors (Lipinski definition) is 3. The molecule has 12 heteroatoms. The Hall–Kier alpha value is -4.40. The van der Waals surface area contributed by atoms with Crippen LogP contribution in [0.1, 0.15) is 18.5 Å². The predicted octanol–water partition coefficient (Wildman–Crippen LogP) is 3.40. The highest BCUT2D eigenvalue weighted by Gasteiger charge is 2.45. The quantitative estimate of drug-likeness (QED) is 0.430. The average molecular weight is 467 g/mol. The molecule has 1 aliphatic rings. The number of benzene rings is 1. The summed E-state index contributed by atoms with van der Waals surface area (Å²) in [5, 5.41) is 28.1. The number of nitrogens with one attached hydrogen (secondary N) is 2. The number of hydrogen-bond acceptors (Lipinski definition) is 8. The SMILES string of the molecule is COc1cc(F)cc(OCC2(CN(C)C(=O)O)CC2)c1-c1cc(Nc2cnc(C#N)cn2)n[nH]1. The first-order valence-electron chi connectivity index (χ1n) is 10.3. The van der Waals surface area contributed by atoms with Gasteiger partial charge in [-0.05, 0) is 12.8 Å². The van der Waals surface area contributed by atoms with Crippen LogP contribution < -0.4 is 14.8 Å². The average Bonchev–Trinajstić information content (AvgIpc) is 3.44. The number of methoxy groups -OCH3 is 1. The van der Waals surface area contributed by atoms with Crippen LogP contribution in [-0.4, -0.2) is 63.6 Å². The molecule has 1 fully saturated rings. The summed E-state index contributed by atoms with van der Waals surface area (Å²) in [6.07, 6.45) is 3.36. The number of aromatic amines is 1. The molecule has 1 aromatic carbocycles. The summed E-state index contributed by atoms with van der Waals surface area (Å²) >= 11 is 0. The van der Waals surface area contributed by atoms with E-state index in [1.165, 1.54) is 43.6 Å². The molecule has 1 saturated carbocycles. The van der Waals surface area contributed by atoms with Gasteiger partial charge in [-0.15, -0.1) is 0 Å². The van der Waals surface area contributed by atoms with Gasteiger partial charge in [-0.3, -0.25) is 5.10 Å². The van der Waals surface area contributed by atoms with Crippen molar-refractivity contribution in [2.75, 3.05) is 32.6 Å². The Kier molecular flexibility index (Phi) is 6.18. The number of anilines is 2. The van der Waals surface area contributed by atoms with E-state index in [1.807, 2.05) is 6.07 Å². The Morgan fingerprint density at radius 3 is 2.68 bits per heavy atom. The number of rotatable bonds is 9. The van der Waals surface area contributed by atoms with Gasteiger partial charge in [-0.25, -0.2) is 19.2 Å². The van der Waals surface area contributed by atoms with Crippen LogP contribution in [0.4, 0.5) is 20.8 Å². The molecule has 2 aromatic heterocycles. The van der Waals surface area contributed by atoms with Crippen molar-refractivity contribution in [1.82, 2.24) is 25.1 Å². The molecule has 3 aromatic rings. The molecule has 11 nitrogen and oxygen atoms in total. The lowest BCUT2D eigenvalue weighted by Gasteiger charge is -2.23. The molecule has 3 N–H and O–H groups in total. The Morgan fingerprint density at radius 2 is 2.06 bits per heavy atom. The molecule has 0 atom stereocenters. The maximum atomic E-state index is 14.3. The highest BCUT2D eigenvalue weighted by atomic mass is 19.1. The molecule has 0 bridgehead atoms. The van der Waals surface area contributed by atoms with Gasteiger partial charge in [0.05, 0.1) is 37.4 Å². The van der Waals surface area contributed by atoms with Crippen LogP contribution in [0.15, 0.2) is 30.6 Å². The molecule has 176 valence electrons. The molecular formula is C22H22FN7O4. The fourth-order valence-electron chi connectivity index (χ4n) is 3.52. The lowest BCUT2D eigenvalue weighted by molar-refractivity contribution is 0.133. The first-order chi connectivity index (χ1) is 16.3. The number of H-pyrrole nitrogens is 1. The topological polar surface area (TPSA) is 149 Å². The Bertz CT molecular complexity index is 1240. The summed E-state index contributed by atoms with van der Waals surface area (Å²) in [5.74, 6) is 0.755. The van der Waals surface area contributed by atoms with Gasteiger partial charge in [-0.2, -0.15) is 10.4 Å². The molecule has 34 heavy (non-hydrogen) atoms. The van der Waals surface area contributed by atoms with Crippen LogP contribution in [0.3, 0.4) is 0 Å². The van der Waals surface area contributed by atoms with Gasteiger partial charge in [0.25, 0.3) is 0 Å². The summed E-state index contributed by atoms with van der Waals surface area (Å²) in [6.45, 7) is 0.554. The van der Waals surface area contributed by atoms with Gasteiger partial charge in [0, 0.05) is 37.2 Å². The van der Waals surface area contributed by atoms with Crippen molar-refractivity contribution < 1.29 is 23.8 Å². The number of carbonyl (C=O) groups is 1. The number of carboxylic acid groups (broad SMARTS) is 1. The summed E-state index contributed by atoms with van der Waals surface area (Å²) in [7, 11) is 2.94. The van der Waals surface area contributed by atoms with Crippen molar-refractivity contribution >= 4 is 17.7 Å². The van der Waals surface area contributed by atoms with E-state index in [1.54, 1.807) is 6.07 Å². The van der Waals surface area contributed by atoms with Gasteiger partial charge in [-0.1, -0.05) is 0 Å². The Labute approximate surface area is 194 Å². The van der Waals surface area contributed by atoms with Crippen molar-refractivity contribution in [2.24, 2.45) is 5.41 Å². The van der Waals surface area contributed by atoms with E-state index in [-0.39, 0.29) is 29.2 Å². The minimum Gasteiger partial charge on any atom is -0.496 e. The minimum atomic E-state index is -1.01. The van der Waals surface area contributed by atoms with E-state index < -0.39 is 11.9 Å². The maximum Gasteiger partial charge on any atom is 0.407 e. The fourth-order valence-corrected chi connectivity index (χ4v) is 3.52. The van der Waals surface area contributed by atoms with E-state index in [0.717, 1.165) is 12.8 Å². The number of nitrogens with zero attached hydrogens (tertiary/aromatic N) is 5. The summed E-state index contributed by atoms with van der Waals surface area (Å²) in [6, 6.07) is 6.07. The van der Waals surface area contributed by atoms with Crippen LogP contribution in [0.25, 0.3) is 11.3 Å². The lowest BCUT2D eigenvalue weighted by atomic mass is 10.1. The van der Waals surface area contributed by atoms with Crippen LogP contribution >= 0.6 is 0 Å². The van der Waals surface area contributed by atoms with E-state index in [2.05, 4.69) is 25.5 Å². The Balaban J connectivity index is 1.57. The standard InChI is InChI=1S/C22H22FN7O4/c1-30(21(31)32)11-22(3-4-22)12-34-17-6-13(23)5-16(33-2)20(17)15-7-18(29-28-15)27-19-10-25-14(8-24)9-26-19/h5-7,9-10H,3-4,11-12H2,1-2H3,(H,31,32)(H2,26,27,28,29). The fraction of sp³-hybridized carbons (Fsp3) is 0.318.